The van der Waals surface area contributed by atoms with E-state index in [2.05, 4.69) is 20.9 Å². The average molecular weight is 449 g/mol. The van der Waals surface area contributed by atoms with Crippen molar-refractivity contribution in [3.63, 3.8) is 0 Å². The third-order valence-corrected chi connectivity index (χ3v) is 4.76. The summed E-state index contributed by atoms with van der Waals surface area (Å²) in [6.45, 7) is -0.179. The Hall–Kier alpha value is -3.48. The fourth-order valence-corrected chi connectivity index (χ4v) is 3.01. The van der Waals surface area contributed by atoms with E-state index >= 15 is 0 Å². The molecule has 0 saturated carbocycles. The molecule has 0 radical (unpaired) electrons. The van der Waals surface area contributed by atoms with Crippen LogP contribution in [0.5, 0.6) is 0 Å². The van der Waals surface area contributed by atoms with Gasteiger partial charge in [-0.3, -0.25) is 14.4 Å². The predicted octanol–water partition coefficient (Wildman–Crippen LogP) is -2.42. The van der Waals surface area contributed by atoms with Gasteiger partial charge in [0.05, 0.1) is 25.3 Å². The zero-order chi connectivity index (χ0) is 23.8. The van der Waals surface area contributed by atoms with E-state index in [4.69, 9.17) is 10.8 Å². The molecule has 12 nitrogen and oxygen atoms in total. The molecule has 1 aromatic heterocycles. The molecule has 0 bridgehead atoms. The van der Waals surface area contributed by atoms with Crippen LogP contribution in [0.25, 0.3) is 10.9 Å². The third-order valence-electron chi connectivity index (χ3n) is 4.76. The van der Waals surface area contributed by atoms with Crippen molar-refractivity contribution in [1.82, 2.24) is 20.9 Å². The molecule has 2 aromatic rings. The zero-order valence-electron chi connectivity index (χ0n) is 17.4. The van der Waals surface area contributed by atoms with Crippen molar-refractivity contribution in [2.24, 2.45) is 5.73 Å². The number of nitrogens with one attached hydrogen (secondary N) is 4. The van der Waals surface area contributed by atoms with Crippen LogP contribution in [0, 0.1) is 0 Å². The molecule has 0 saturated heterocycles. The Balaban J connectivity index is 1.88. The van der Waals surface area contributed by atoms with E-state index in [1.54, 1.807) is 6.20 Å². The first-order valence-corrected chi connectivity index (χ1v) is 9.83. The van der Waals surface area contributed by atoms with Crippen LogP contribution in [0.2, 0.25) is 0 Å². The van der Waals surface area contributed by atoms with Crippen LogP contribution in [-0.2, 0) is 25.6 Å². The highest BCUT2D eigenvalue weighted by molar-refractivity contribution is 5.93. The van der Waals surface area contributed by atoms with Gasteiger partial charge >= 0.3 is 5.97 Å². The summed E-state index contributed by atoms with van der Waals surface area (Å²) in [5.41, 5.74) is 7.66. The number of aromatic amines is 1. The van der Waals surface area contributed by atoms with Gasteiger partial charge in [-0.15, -0.1) is 0 Å². The van der Waals surface area contributed by atoms with Crippen LogP contribution in [0.15, 0.2) is 30.5 Å². The van der Waals surface area contributed by atoms with Crippen LogP contribution >= 0.6 is 0 Å². The number of carboxylic acid groups (broad SMARTS) is 1. The van der Waals surface area contributed by atoms with E-state index in [9.17, 15) is 29.4 Å². The van der Waals surface area contributed by atoms with Gasteiger partial charge in [0.15, 0.2) is 6.04 Å². The number of H-pyrrole nitrogens is 1. The van der Waals surface area contributed by atoms with Crippen molar-refractivity contribution in [3.8, 4) is 0 Å². The number of carbonyl (C=O) groups is 4. The van der Waals surface area contributed by atoms with Gasteiger partial charge in [-0.1, -0.05) is 18.2 Å². The fourth-order valence-electron chi connectivity index (χ4n) is 3.01. The quantitative estimate of drug-likeness (QED) is 0.185. The van der Waals surface area contributed by atoms with Gasteiger partial charge in [0.1, 0.15) is 6.04 Å². The predicted molar refractivity (Wildman–Crippen MR) is 113 cm³/mol. The molecule has 4 unspecified atom stereocenters. The van der Waals surface area contributed by atoms with Crippen LogP contribution in [0.3, 0.4) is 0 Å². The number of rotatable bonds is 11. The lowest BCUT2D eigenvalue weighted by atomic mass is 10.0. The molecule has 3 amide bonds. The first kappa shape index (κ1) is 24.8. The summed E-state index contributed by atoms with van der Waals surface area (Å²) in [5.74, 6) is -3.84. The van der Waals surface area contributed by atoms with Crippen molar-refractivity contribution in [2.45, 2.75) is 37.6 Å². The number of carbonyl (C=O) groups excluding carboxylic acids is 3. The summed E-state index contributed by atoms with van der Waals surface area (Å²) in [4.78, 5) is 50.5. The van der Waals surface area contributed by atoms with E-state index in [0.717, 1.165) is 16.5 Å². The lowest BCUT2D eigenvalue weighted by molar-refractivity contribution is -0.144. The minimum Gasteiger partial charge on any atom is -0.480 e. The Labute approximate surface area is 183 Å². The largest absolute Gasteiger partial charge is 0.480 e. The van der Waals surface area contributed by atoms with E-state index in [0.29, 0.717) is 0 Å². The molecular formula is C20H27N5O7. The lowest BCUT2D eigenvalue weighted by Crippen LogP contribution is -2.55. The molecule has 12 heteroatoms. The van der Waals surface area contributed by atoms with Gasteiger partial charge < -0.3 is 42.0 Å². The van der Waals surface area contributed by atoms with Crippen LogP contribution in [0.4, 0.5) is 0 Å². The van der Waals surface area contributed by atoms with Crippen molar-refractivity contribution >= 4 is 34.6 Å². The highest BCUT2D eigenvalue weighted by atomic mass is 16.4. The minimum absolute atomic E-state index is 0.188. The molecule has 2 rings (SSSR count). The summed E-state index contributed by atoms with van der Waals surface area (Å²) in [6, 6.07) is 3.58. The van der Waals surface area contributed by atoms with Crippen LogP contribution in [-0.4, -0.2) is 81.4 Å². The van der Waals surface area contributed by atoms with Gasteiger partial charge in [-0.25, -0.2) is 4.79 Å². The fraction of sp³-hybridized carbons (Fsp3) is 0.400. The maximum Gasteiger partial charge on any atom is 0.328 e. The zero-order valence-corrected chi connectivity index (χ0v) is 17.4. The molecule has 9 N–H and O–H groups in total. The first-order valence-electron chi connectivity index (χ1n) is 9.83. The number of aliphatic hydroxyl groups excluding tert-OH is 2. The van der Waals surface area contributed by atoms with E-state index in [1.807, 2.05) is 24.3 Å². The number of hydrogen-bond donors (Lipinski definition) is 8. The molecule has 174 valence electrons. The Morgan fingerprint density at radius 1 is 1.12 bits per heavy atom. The molecular weight excluding hydrogens is 422 g/mol. The van der Waals surface area contributed by atoms with E-state index < -0.39 is 61.1 Å². The van der Waals surface area contributed by atoms with Gasteiger partial charge in [0.25, 0.3) is 0 Å². The van der Waals surface area contributed by atoms with Gasteiger partial charge in [-0.05, 0) is 25.0 Å². The summed E-state index contributed by atoms with van der Waals surface area (Å²) < 4.78 is 0. The molecule has 0 aliphatic heterocycles. The highest BCUT2D eigenvalue weighted by Gasteiger charge is 2.27. The molecule has 32 heavy (non-hydrogen) atoms. The number of aromatic nitrogens is 1. The SMILES string of the molecule is CC(O)C(NC(=O)CNC(=O)C(CO)NC(=O)C(N)Cc1c[nH]c2ccccc12)C(=O)O. The molecule has 0 aliphatic rings. The van der Waals surface area contributed by atoms with Crippen molar-refractivity contribution in [3.05, 3.63) is 36.0 Å². The number of amides is 3. The van der Waals surface area contributed by atoms with Crippen molar-refractivity contribution in [2.75, 3.05) is 13.2 Å². The molecule has 0 aliphatic carbocycles. The number of para-hydroxylation sites is 1. The molecule has 0 fully saturated rings. The van der Waals surface area contributed by atoms with Gasteiger partial charge in [0.2, 0.25) is 17.7 Å². The monoisotopic (exact) mass is 449 g/mol. The Morgan fingerprint density at radius 2 is 1.81 bits per heavy atom. The van der Waals surface area contributed by atoms with Gasteiger partial charge in [0, 0.05) is 17.1 Å². The smallest absolute Gasteiger partial charge is 0.328 e. The summed E-state index contributed by atoms with van der Waals surface area (Å²) in [7, 11) is 0. The summed E-state index contributed by atoms with van der Waals surface area (Å²) >= 11 is 0. The summed E-state index contributed by atoms with van der Waals surface area (Å²) in [5, 5.41) is 35.2. The molecule has 4 atom stereocenters. The topological polar surface area (TPSA) is 207 Å². The van der Waals surface area contributed by atoms with E-state index in [1.165, 1.54) is 6.92 Å². The number of fused-ring (bicyclic) bond motifs is 1. The summed E-state index contributed by atoms with van der Waals surface area (Å²) in [6.07, 6.45) is 0.577. The molecule has 1 heterocycles. The second-order valence-corrected chi connectivity index (χ2v) is 7.26. The lowest BCUT2D eigenvalue weighted by Gasteiger charge is -2.20. The number of aliphatic hydroxyl groups is 2. The maximum absolute atomic E-state index is 12.4. The number of benzene rings is 1. The molecule has 1 aromatic carbocycles. The second-order valence-electron chi connectivity index (χ2n) is 7.26. The normalized spacial score (nSPS) is 14.8. The van der Waals surface area contributed by atoms with E-state index in [-0.39, 0.29) is 6.42 Å². The number of aliphatic carboxylic acids is 1. The first-order chi connectivity index (χ1) is 15.1. The minimum atomic E-state index is -1.55. The number of hydrogen-bond acceptors (Lipinski definition) is 7. The highest BCUT2D eigenvalue weighted by Crippen LogP contribution is 2.18. The second kappa shape index (κ2) is 11.2. The average Bonchev–Trinajstić information content (AvgIpc) is 3.16. The van der Waals surface area contributed by atoms with Crippen molar-refractivity contribution < 1.29 is 34.5 Å². The standard InChI is InChI=1S/C20H27N5O7/c1-10(27)17(20(31)32)25-16(28)8-23-19(30)15(9-26)24-18(29)13(21)6-11-7-22-14-5-3-2-4-12(11)14/h2-5,7,10,13,15,17,22,26-27H,6,8-9,21H2,1H3,(H,23,30)(H,24,29)(H,25,28)(H,31,32). The third kappa shape index (κ3) is 6.51. The number of carboxylic acids is 1. The maximum atomic E-state index is 12.4. The number of nitrogens with two attached hydrogens (primary N) is 1. The Bertz CT molecular complexity index is 974. The Morgan fingerprint density at radius 3 is 2.44 bits per heavy atom. The molecule has 0 spiro atoms. The Kier molecular flexibility index (Phi) is 8.70. The van der Waals surface area contributed by atoms with Crippen LogP contribution in [0.1, 0.15) is 12.5 Å². The van der Waals surface area contributed by atoms with Crippen LogP contribution < -0.4 is 21.7 Å². The van der Waals surface area contributed by atoms with Gasteiger partial charge in [-0.2, -0.15) is 0 Å². The van der Waals surface area contributed by atoms with Crippen molar-refractivity contribution in [1.29, 1.82) is 0 Å².